The van der Waals surface area contributed by atoms with Gasteiger partial charge in [0, 0.05) is 44.4 Å². The predicted octanol–water partition coefficient (Wildman–Crippen LogP) is 3.05. The molecule has 1 amide bonds. The molecule has 4 nitrogen and oxygen atoms in total. The molecule has 0 aliphatic carbocycles. The quantitative estimate of drug-likeness (QED) is 0.739. The Morgan fingerprint density at radius 2 is 1.74 bits per heavy atom. The Morgan fingerprint density at radius 3 is 2.43 bits per heavy atom. The number of pyridine rings is 1. The number of benzene rings is 1. The van der Waals surface area contributed by atoms with Crippen LogP contribution in [-0.4, -0.2) is 35.2 Å². The van der Waals surface area contributed by atoms with Crippen LogP contribution in [0.1, 0.15) is 34.3 Å². The molecular formula is C19H22N2O2. The van der Waals surface area contributed by atoms with Crippen LogP contribution in [-0.2, 0) is 11.2 Å². The number of carbonyl (C=O) groups is 2. The topological polar surface area (TPSA) is 50.3 Å². The molecule has 0 bridgehead atoms. The molecule has 0 saturated carbocycles. The lowest BCUT2D eigenvalue weighted by atomic mass is 10.0. The minimum absolute atomic E-state index is 0.000917. The lowest BCUT2D eigenvalue weighted by Crippen LogP contribution is -2.29. The smallest absolute Gasteiger partial charge is 0.222 e. The van der Waals surface area contributed by atoms with Crippen molar-refractivity contribution in [3.05, 3.63) is 65.5 Å². The molecule has 0 N–H and O–H groups in total. The van der Waals surface area contributed by atoms with E-state index in [9.17, 15) is 9.59 Å². The zero-order valence-electron chi connectivity index (χ0n) is 13.7. The van der Waals surface area contributed by atoms with E-state index in [1.54, 1.807) is 24.3 Å². The van der Waals surface area contributed by atoms with Gasteiger partial charge in [0.1, 0.15) is 0 Å². The summed E-state index contributed by atoms with van der Waals surface area (Å²) in [5, 5.41) is 0. The fraction of sp³-hybridized carbons (Fsp3) is 0.316. The van der Waals surface area contributed by atoms with E-state index in [2.05, 4.69) is 4.98 Å². The van der Waals surface area contributed by atoms with Crippen LogP contribution in [0.4, 0.5) is 0 Å². The molecule has 0 saturated heterocycles. The summed E-state index contributed by atoms with van der Waals surface area (Å²) < 4.78 is 0. The highest BCUT2D eigenvalue weighted by molar-refractivity contribution is 5.99. The lowest BCUT2D eigenvalue weighted by molar-refractivity contribution is -0.129. The number of ketones is 1. The van der Waals surface area contributed by atoms with E-state index in [-0.39, 0.29) is 24.5 Å². The first kappa shape index (κ1) is 16.9. The van der Waals surface area contributed by atoms with Crippen molar-refractivity contribution >= 4 is 11.7 Å². The lowest BCUT2D eigenvalue weighted by Gasteiger charge is -2.17. The van der Waals surface area contributed by atoms with Gasteiger partial charge in [-0.1, -0.05) is 24.3 Å². The van der Waals surface area contributed by atoms with Gasteiger partial charge < -0.3 is 4.90 Å². The molecule has 2 rings (SSSR count). The van der Waals surface area contributed by atoms with E-state index in [1.807, 2.05) is 43.3 Å². The highest BCUT2D eigenvalue weighted by atomic mass is 16.2. The van der Waals surface area contributed by atoms with E-state index in [4.69, 9.17) is 0 Å². The van der Waals surface area contributed by atoms with Gasteiger partial charge in [-0.25, -0.2) is 0 Å². The van der Waals surface area contributed by atoms with Gasteiger partial charge in [0.15, 0.2) is 5.78 Å². The maximum Gasteiger partial charge on any atom is 0.222 e. The molecule has 0 fully saturated rings. The molecule has 0 radical (unpaired) electrons. The average molecular weight is 310 g/mol. The minimum Gasteiger partial charge on any atom is -0.345 e. The third-order valence-electron chi connectivity index (χ3n) is 3.92. The van der Waals surface area contributed by atoms with Crippen molar-refractivity contribution in [2.75, 3.05) is 13.6 Å². The molecule has 1 aromatic heterocycles. The highest BCUT2D eigenvalue weighted by Gasteiger charge is 2.13. The summed E-state index contributed by atoms with van der Waals surface area (Å²) in [6, 6.07) is 11.4. The van der Waals surface area contributed by atoms with Crippen LogP contribution in [0.15, 0.2) is 48.8 Å². The summed E-state index contributed by atoms with van der Waals surface area (Å²) in [7, 11) is 1.78. The second kappa shape index (κ2) is 8.22. The van der Waals surface area contributed by atoms with Gasteiger partial charge >= 0.3 is 0 Å². The van der Waals surface area contributed by atoms with Crippen molar-refractivity contribution in [2.45, 2.75) is 26.2 Å². The maximum absolute atomic E-state index is 12.2. The Labute approximate surface area is 137 Å². The second-order valence-corrected chi connectivity index (χ2v) is 5.66. The van der Waals surface area contributed by atoms with Gasteiger partial charge in [-0.2, -0.15) is 0 Å². The van der Waals surface area contributed by atoms with Crippen molar-refractivity contribution < 1.29 is 9.59 Å². The number of hydrogen-bond acceptors (Lipinski definition) is 3. The summed E-state index contributed by atoms with van der Waals surface area (Å²) in [4.78, 5) is 30.0. The summed E-state index contributed by atoms with van der Waals surface area (Å²) in [5.74, 6) is 0.0278. The van der Waals surface area contributed by atoms with E-state index in [0.29, 0.717) is 12.1 Å². The van der Waals surface area contributed by atoms with E-state index >= 15 is 0 Å². The normalized spacial score (nSPS) is 10.3. The average Bonchev–Trinajstić information content (AvgIpc) is 2.58. The van der Waals surface area contributed by atoms with Crippen molar-refractivity contribution in [1.29, 1.82) is 0 Å². The zero-order valence-corrected chi connectivity index (χ0v) is 13.7. The number of Topliss-reactive ketones (excluding diaryl/α,β-unsaturated/α-hetero) is 1. The Balaban J connectivity index is 1.80. The first-order chi connectivity index (χ1) is 11.1. The van der Waals surface area contributed by atoms with Crippen molar-refractivity contribution in [2.24, 2.45) is 0 Å². The molecular weight excluding hydrogens is 288 g/mol. The Hall–Kier alpha value is -2.49. The number of aromatic nitrogens is 1. The molecule has 4 heteroatoms. The highest BCUT2D eigenvalue weighted by Crippen LogP contribution is 2.11. The SMILES string of the molecule is Cc1ccccc1C(=O)CCC(=O)N(C)CCc1ccncc1. The molecule has 0 aliphatic rings. The molecule has 120 valence electrons. The van der Waals surface area contributed by atoms with Gasteiger partial charge in [-0.15, -0.1) is 0 Å². The monoisotopic (exact) mass is 310 g/mol. The van der Waals surface area contributed by atoms with Crippen LogP contribution in [0.25, 0.3) is 0 Å². The van der Waals surface area contributed by atoms with Crippen LogP contribution >= 0.6 is 0 Å². The van der Waals surface area contributed by atoms with Crippen LogP contribution in [0.2, 0.25) is 0 Å². The summed E-state index contributed by atoms with van der Waals surface area (Å²) >= 11 is 0. The predicted molar refractivity (Wildman–Crippen MR) is 90.3 cm³/mol. The molecule has 0 atom stereocenters. The molecule has 0 unspecified atom stereocenters. The fourth-order valence-corrected chi connectivity index (χ4v) is 2.40. The number of likely N-dealkylation sites (N-methyl/N-ethyl adjacent to an activating group) is 1. The van der Waals surface area contributed by atoms with Crippen molar-refractivity contribution in [1.82, 2.24) is 9.88 Å². The number of nitrogens with zero attached hydrogens (tertiary/aromatic N) is 2. The summed E-state index contributed by atoms with van der Waals surface area (Å²) in [6.45, 7) is 2.55. The van der Waals surface area contributed by atoms with Crippen LogP contribution in [0.5, 0.6) is 0 Å². The standard InChI is InChI=1S/C19H22N2O2/c1-15-5-3-4-6-17(15)18(22)7-8-19(23)21(2)14-11-16-9-12-20-13-10-16/h3-6,9-10,12-13H,7-8,11,14H2,1-2H3. The number of rotatable bonds is 7. The minimum atomic E-state index is 0.000917. The van der Waals surface area contributed by atoms with Crippen LogP contribution in [0, 0.1) is 6.92 Å². The van der Waals surface area contributed by atoms with E-state index in [0.717, 1.165) is 17.5 Å². The molecule has 1 heterocycles. The Morgan fingerprint density at radius 1 is 1.04 bits per heavy atom. The summed E-state index contributed by atoms with van der Waals surface area (Å²) in [6.07, 6.45) is 4.79. The molecule has 23 heavy (non-hydrogen) atoms. The Bertz CT molecular complexity index is 668. The van der Waals surface area contributed by atoms with E-state index in [1.165, 1.54) is 0 Å². The number of hydrogen-bond donors (Lipinski definition) is 0. The van der Waals surface area contributed by atoms with Crippen molar-refractivity contribution in [3.63, 3.8) is 0 Å². The molecule has 2 aromatic rings. The van der Waals surface area contributed by atoms with Gasteiger partial charge in [-0.05, 0) is 36.6 Å². The number of carbonyl (C=O) groups excluding carboxylic acids is 2. The first-order valence-electron chi connectivity index (χ1n) is 7.79. The molecule has 0 aliphatic heterocycles. The molecule has 1 aromatic carbocycles. The second-order valence-electron chi connectivity index (χ2n) is 5.66. The third-order valence-corrected chi connectivity index (χ3v) is 3.92. The number of aryl methyl sites for hydroxylation is 1. The third kappa shape index (κ3) is 5.02. The first-order valence-corrected chi connectivity index (χ1v) is 7.79. The summed E-state index contributed by atoms with van der Waals surface area (Å²) in [5.41, 5.74) is 2.81. The van der Waals surface area contributed by atoms with Gasteiger partial charge in [0.25, 0.3) is 0 Å². The maximum atomic E-state index is 12.2. The molecule has 0 spiro atoms. The fourth-order valence-electron chi connectivity index (χ4n) is 2.40. The van der Waals surface area contributed by atoms with Gasteiger partial charge in [-0.3, -0.25) is 14.6 Å². The van der Waals surface area contributed by atoms with Crippen LogP contribution in [0.3, 0.4) is 0 Å². The number of amides is 1. The van der Waals surface area contributed by atoms with Crippen LogP contribution < -0.4 is 0 Å². The van der Waals surface area contributed by atoms with Gasteiger partial charge in [0.05, 0.1) is 0 Å². The largest absolute Gasteiger partial charge is 0.345 e. The Kier molecular flexibility index (Phi) is 6.03. The van der Waals surface area contributed by atoms with Gasteiger partial charge in [0.2, 0.25) is 5.91 Å². The zero-order chi connectivity index (χ0) is 16.7. The van der Waals surface area contributed by atoms with E-state index < -0.39 is 0 Å². The van der Waals surface area contributed by atoms with Crippen molar-refractivity contribution in [3.8, 4) is 0 Å².